The number of amides is 5. The number of fused-ring (bicyclic) bond motifs is 1. The highest BCUT2D eigenvalue weighted by molar-refractivity contribution is 6.13. The third-order valence-electron chi connectivity index (χ3n) is 10.8. The number of benzene rings is 1. The summed E-state index contributed by atoms with van der Waals surface area (Å²) >= 11 is 0. The molecule has 26 heteroatoms. The quantitative estimate of drug-likeness (QED) is 0.0299. The Kier molecular flexibility index (Phi) is 30.3. The Labute approximate surface area is 434 Å². The maximum absolute atomic E-state index is 12.8. The molecule has 4 rings (SSSR count). The Hall–Kier alpha value is -6.52. The second-order valence-corrected chi connectivity index (χ2v) is 16.6. The standard InChI is InChI=1S/C49H72N10O16/c50-49-57-45-44(47(65)58-49)55-38(35-54-45)34-53-37-8-6-36(7-9-37)46(64)56-39(48(66)67)10-11-40(60)51-15-20-70-24-22-68-18-4-2-1-3-5-19-69-23-26-72-28-30-74-32-33-75-31-29-73-27-25-71-21-16-52-41(61)14-17-59-42(62)12-13-43(59)63/h6-9,12-13,35,39,53H,1-5,10-11,14-34H2,(H,51,60)(H,52,61)(H,56,64)(H,66,67)(H3,50,54,57,58,65)/t39-/m0/s1. The highest BCUT2D eigenvalue weighted by atomic mass is 16.6. The number of anilines is 2. The van der Waals surface area contributed by atoms with Crippen molar-refractivity contribution < 1.29 is 71.8 Å². The van der Waals surface area contributed by atoms with E-state index < -0.39 is 35.3 Å². The van der Waals surface area contributed by atoms with Gasteiger partial charge in [-0.25, -0.2) is 14.8 Å². The van der Waals surface area contributed by atoms with Crippen molar-refractivity contribution >= 4 is 58.3 Å². The van der Waals surface area contributed by atoms with Crippen LogP contribution in [0.4, 0.5) is 11.6 Å². The van der Waals surface area contributed by atoms with Crippen molar-refractivity contribution in [1.82, 2.24) is 40.8 Å². The molecule has 3 heterocycles. The first-order valence-corrected chi connectivity index (χ1v) is 25.1. The number of unbranched alkanes of at least 4 members (excludes halogenated alkanes) is 4. The second-order valence-electron chi connectivity index (χ2n) is 16.6. The van der Waals surface area contributed by atoms with E-state index in [1.165, 1.54) is 30.5 Å². The first-order valence-electron chi connectivity index (χ1n) is 25.1. The van der Waals surface area contributed by atoms with Crippen LogP contribution in [-0.4, -0.2) is 197 Å². The molecule has 75 heavy (non-hydrogen) atoms. The summed E-state index contributed by atoms with van der Waals surface area (Å²) in [5.74, 6) is -3.37. The van der Waals surface area contributed by atoms with E-state index in [0.29, 0.717) is 117 Å². The molecule has 1 aliphatic rings. The Morgan fingerprint density at radius 2 is 1.11 bits per heavy atom. The minimum atomic E-state index is -1.27. The number of nitrogens with one attached hydrogen (secondary N) is 5. The predicted molar refractivity (Wildman–Crippen MR) is 270 cm³/mol. The van der Waals surface area contributed by atoms with Crippen LogP contribution in [0.5, 0.6) is 0 Å². The summed E-state index contributed by atoms with van der Waals surface area (Å²) in [7, 11) is 0. The molecule has 0 saturated carbocycles. The number of carboxylic acids is 1. The molecule has 1 atom stereocenters. The van der Waals surface area contributed by atoms with Crippen molar-refractivity contribution in [3.8, 4) is 0 Å². The van der Waals surface area contributed by atoms with Crippen molar-refractivity contribution in [1.29, 1.82) is 0 Å². The number of hydrogen-bond acceptors (Lipinski definition) is 20. The predicted octanol–water partition coefficient (Wildman–Crippen LogP) is 0.501. The summed E-state index contributed by atoms with van der Waals surface area (Å²) < 4.78 is 44.2. The molecule has 0 spiro atoms. The van der Waals surface area contributed by atoms with Crippen LogP contribution in [-0.2, 0) is 68.4 Å². The number of nitrogen functional groups attached to an aromatic ring is 1. The van der Waals surface area contributed by atoms with Gasteiger partial charge >= 0.3 is 5.97 Å². The molecule has 1 aromatic carbocycles. The molecule has 0 radical (unpaired) electrons. The first kappa shape index (κ1) is 61.0. The van der Waals surface area contributed by atoms with Gasteiger partial charge in [0.05, 0.1) is 111 Å². The molecule has 0 unspecified atom stereocenters. The smallest absolute Gasteiger partial charge is 0.326 e. The van der Waals surface area contributed by atoms with Gasteiger partial charge in [0, 0.05) is 69.1 Å². The number of carbonyl (C=O) groups excluding carboxylic acids is 5. The number of aliphatic carboxylic acids is 1. The van der Waals surface area contributed by atoms with Gasteiger partial charge in [0.15, 0.2) is 11.2 Å². The molecule has 1 aliphatic heterocycles. The molecule has 0 bridgehead atoms. The molecular weight excluding hydrogens is 985 g/mol. The average Bonchev–Trinajstić information content (AvgIpc) is 3.72. The number of ether oxygens (including phenoxy) is 8. The zero-order valence-corrected chi connectivity index (χ0v) is 42.4. The second kappa shape index (κ2) is 37.2. The summed E-state index contributed by atoms with van der Waals surface area (Å²) in [5.41, 5.74) is 6.55. The third-order valence-corrected chi connectivity index (χ3v) is 10.8. The molecular formula is C49H72N10O16. The third kappa shape index (κ3) is 26.5. The lowest BCUT2D eigenvalue weighted by Gasteiger charge is -2.15. The van der Waals surface area contributed by atoms with Crippen molar-refractivity contribution in [3.63, 3.8) is 0 Å². The number of carboxylic acid groups (broad SMARTS) is 1. The van der Waals surface area contributed by atoms with Crippen LogP contribution in [0.15, 0.2) is 47.4 Å². The Balaban J connectivity index is 0.826. The molecule has 2 aromatic heterocycles. The van der Waals surface area contributed by atoms with Crippen LogP contribution in [0.2, 0.25) is 0 Å². The van der Waals surface area contributed by atoms with Crippen LogP contribution in [0.25, 0.3) is 11.2 Å². The van der Waals surface area contributed by atoms with Gasteiger partial charge in [0.2, 0.25) is 17.8 Å². The van der Waals surface area contributed by atoms with Gasteiger partial charge in [-0.15, -0.1) is 0 Å². The zero-order valence-electron chi connectivity index (χ0n) is 42.4. The van der Waals surface area contributed by atoms with Crippen LogP contribution < -0.4 is 32.6 Å². The SMILES string of the molecule is Nc1nc2ncc(CNc3ccc(C(=O)N[C@@H](CCC(=O)NCCOCCOCCCCCCCOCCOCCOCCOCCOCCOCCNC(=O)CCN4C(=O)C=CC4=O)C(=O)O)cc3)nc2c(=O)[nH]1. The molecule has 414 valence electrons. The molecule has 26 nitrogen and oxygen atoms in total. The fraction of sp³-hybridized carbons (Fsp3) is 0.592. The normalized spacial score (nSPS) is 12.6. The van der Waals surface area contributed by atoms with E-state index in [1.54, 1.807) is 12.1 Å². The number of H-pyrrole nitrogens is 1. The van der Waals surface area contributed by atoms with Gasteiger partial charge in [-0.2, -0.15) is 4.98 Å². The van der Waals surface area contributed by atoms with Gasteiger partial charge in [-0.3, -0.25) is 38.7 Å². The van der Waals surface area contributed by atoms with E-state index in [1.807, 2.05) is 0 Å². The number of carbonyl (C=O) groups is 6. The minimum absolute atomic E-state index is 0.0396. The van der Waals surface area contributed by atoms with Gasteiger partial charge in [-0.05, 0) is 43.5 Å². The molecule has 0 fully saturated rings. The number of hydrogen-bond donors (Lipinski definition) is 7. The summed E-state index contributed by atoms with van der Waals surface area (Å²) in [4.78, 5) is 99.7. The number of nitrogens with zero attached hydrogens (tertiary/aromatic N) is 4. The number of aromatic nitrogens is 4. The van der Waals surface area contributed by atoms with E-state index >= 15 is 0 Å². The highest BCUT2D eigenvalue weighted by Crippen LogP contribution is 2.13. The van der Waals surface area contributed by atoms with E-state index in [0.717, 1.165) is 37.0 Å². The molecule has 0 aliphatic carbocycles. The minimum Gasteiger partial charge on any atom is -0.480 e. The van der Waals surface area contributed by atoms with Gasteiger partial charge < -0.3 is 70.0 Å². The van der Waals surface area contributed by atoms with Crippen molar-refractivity contribution in [2.45, 2.75) is 64.0 Å². The Bertz CT molecular complexity index is 2270. The summed E-state index contributed by atoms with van der Waals surface area (Å²) in [6.45, 7) is 8.02. The van der Waals surface area contributed by atoms with Crippen LogP contribution >= 0.6 is 0 Å². The van der Waals surface area contributed by atoms with E-state index in [-0.39, 0.29) is 80.0 Å². The summed E-state index contributed by atoms with van der Waals surface area (Å²) in [5, 5.41) is 20.6. The van der Waals surface area contributed by atoms with Crippen LogP contribution in [0.3, 0.4) is 0 Å². The van der Waals surface area contributed by atoms with E-state index in [9.17, 15) is 38.7 Å². The lowest BCUT2D eigenvalue weighted by molar-refractivity contribution is -0.140. The van der Waals surface area contributed by atoms with Crippen molar-refractivity contribution in [2.75, 3.05) is 136 Å². The maximum Gasteiger partial charge on any atom is 0.326 e. The fourth-order valence-electron chi connectivity index (χ4n) is 6.79. The lowest BCUT2D eigenvalue weighted by atomic mass is 10.1. The first-order chi connectivity index (χ1) is 36.5. The number of aromatic amines is 1. The van der Waals surface area contributed by atoms with Crippen LogP contribution in [0.1, 0.15) is 67.4 Å². The fourth-order valence-corrected chi connectivity index (χ4v) is 6.79. The average molecular weight is 1060 g/mol. The number of rotatable bonds is 44. The van der Waals surface area contributed by atoms with E-state index in [4.69, 9.17) is 43.6 Å². The highest BCUT2D eigenvalue weighted by Gasteiger charge is 2.24. The number of nitrogens with two attached hydrogens (primary N) is 1. The topological polar surface area (TPSA) is 345 Å². The van der Waals surface area contributed by atoms with Gasteiger partial charge in [-0.1, -0.05) is 19.3 Å². The van der Waals surface area contributed by atoms with Gasteiger partial charge in [0.1, 0.15) is 6.04 Å². The van der Waals surface area contributed by atoms with Crippen LogP contribution in [0, 0.1) is 0 Å². The van der Waals surface area contributed by atoms with Crippen molar-refractivity contribution in [3.05, 3.63) is 64.2 Å². The monoisotopic (exact) mass is 1060 g/mol. The maximum atomic E-state index is 12.8. The molecule has 3 aromatic rings. The lowest BCUT2D eigenvalue weighted by Crippen LogP contribution is -2.41. The number of imide groups is 1. The molecule has 5 amide bonds. The van der Waals surface area contributed by atoms with Gasteiger partial charge in [0.25, 0.3) is 23.3 Å². The summed E-state index contributed by atoms with van der Waals surface area (Å²) in [6.07, 6.45) is 8.79. The Morgan fingerprint density at radius 1 is 0.627 bits per heavy atom. The Morgan fingerprint density at radius 3 is 1.63 bits per heavy atom. The summed E-state index contributed by atoms with van der Waals surface area (Å²) in [6, 6.07) is 5.04. The zero-order chi connectivity index (χ0) is 53.7. The largest absolute Gasteiger partial charge is 0.480 e. The molecule has 8 N–H and O–H groups in total. The molecule has 0 saturated heterocycles. The van der Waals surface area contributed by atoms with E-state index in [2.05, 4.69) is 41.2 Å². The van der Waals surface area contributed by atoms with Crippen molar-refractivity contribution in [2.24, 2.45) is 0 Å².